The van der Waals surface area contributed by atoms with Crippen molar-refractivity contribution >= 4 is 54.5 Å². The van der Waals surface area contributed by atoms with E-state index in [1.807, 2.05) is 282 Å². The van der Waals surface area contributed by atoms with Gasteiger partial charge >= 0.3 is 7.65 Å². The van der Waals surface area contributed by atoms with E-state index in [0.29, 0.717) is 96.2 Å². The summed E-state index contributed by atoms with van der Waals surface area (Å²) in [5.74, 6) is 2.27. The normalized spacial score (nSPS) is 14.8. The lowest BCUT2D eigenvalue weighted by atomic mass is 9.76. The molecule has 19 heteroatoms. The molecule has 10 N–H and O–H groups in total. The van der Waals surface area contributed by atoms with Gasteiger partial charge in [-0.05, 0) is 259 Å². The molecule has 0 fully saturated rings. The molecular formula is C118H110O16P3+. The van der Waals surface area contributed by atoms with Crippen molar-refractivity contribution in [3.63, 3.8) is 0 Å². The van der Waals surface area contributed by atoms with Gasteiger partial charge in [0.05, 0.1) is 20.9 Å². The SMILES string of the molecule is CC(C)(c1ccc(O)c(Cc2cc(C(C)(C)P3(=O)Oc4ccccc4-c4ccccc43)ccc2O)c1)c1ccc(O)c(Cc2cc(C(C)(C)P3(=O)Oc4ccccc4-c4ccccc43)ccc2O)c1.CC(C)(c1ccc(O)cc1)c1ccc(O)c(Cc2cc(C(C)(C)c3ccc(O)c(Cc4cc(C(C)(C)c5ccc(O)cc5)ccc4O)c3)ccc2O)c1.O=[p+]1oc2ccccc2c2ccccc21. The molecule has 3 heterocycles. The molecule has 0 spiro atoms. The summed E-state index contributed by atoms with van der Waals surface area (Å²) in [6.07, 6.45) is 0.966. The fourth-order valence-electron chi connectivity index (χ4n) is 18.9. The topological polar surface area (TPSA) is 285 Å². The maximum absolute atomic E-state index is 15.3. The average molecular weight is 1880 g/mol. The summed E-state index contributed by atoms with van der Waals surface area (Å²) in [7, 11) is -8.95. The van der Waals surface area contributed by atoms with Gasteiger partial charge in [0.2, 0.25) is 5.12 Å². The monoisotopic (exact) mass is 1880 g/mol. The van der Waals surface area contributed by atoms with E-state index in [9.17, 15) is 55.6 Å². The van der Waals surface area contributed by atoms with Crippen molar-refractivity contribution in [2.24, 2.45) is 0 Å². The van der Waals surface area contributed by atoms with Crippen LogP contribution in [0.25, 0.3) is 43.7 Å². The molecule has 2 aliphatic rings. The first-order valence-corrected chi connectivity index (χ1v) is 50.1. The van der Waals surface area contributed by atoms with Crippen LogP contribution in [0, 0.1) is 0 Å². The Labute approximate surface area is 799 Å². The molecule has 16 nitrogen and oxygen atoms in total. The number of hydrogen-bond donors (Lipinski definition) is 10. The van der Waals surface area contributed by atoms with Crippen molar-refractivity contribution in [1.82, 2.24) is 0 Å². The third-order valence-corrected chi connectivity index (χ3v) is 35.8. The van der Waals surface area contributed by atoms with Crippen LogP contribution in [0.15, 0.2) is 344 Å². The summed E-state index contributed by atoms with van der Waals surface area (Å²) >= 11 is 0. The van der Waals surface area contributed by atoms with Crippen molar-refractivity contribution in [2.45, 2.75) is 141 Å². The van der Waals surface area contributed by atoms with Gasteiger partial charge in [0.15, 0.2) is 5.58 Å². The van der Waals surface area contributed by atoms with Crippen LogP contribution in [-0.2, 0) is 71.4 Å². The molecule has 0 saturated heterocycles. The molecule has 3 unspecified atom stereocenters. The minimum atomic E-state index is -3.60. The minimum Gasteiger partial charge on any atom is -0.508 e. The van der Waals surface area contributed by atoms with Gasteiger partial charge in [-0.3, -0.25) is 9.13 Å². The van der Waals surface area contributed by atoms with Crippen LogP contribution >= 0.6 is 22.4 Å². The molecule has 0 aliphatic carbocycles. The fraction of sp³-hybridized carbons (Fsp3) is 0.186. The van der Waals surface area contributed by atoms with E-state index in [2.05, 4.69) is 55.4 Å². The molecule has 0 radical (unpaired) electrons. The first-order chi connectivity index (χ1) is 65.1. The zero-order valence-electron chi connectivity index (χ0n) is 78.4. The largest absolute Gasteiger partial charge is 0.597 e. The molecule has 3 atom stereocenters. The number of hydrogen-bond acceptors (Lipinski definition) is 16. The maximum Gasteiger partial charge on any atom is 0.597 e. The standard InChI is InChI=1S/C59H54O8P2.C47H48O6.C12H8O2P/c1-57(2,41-23-27-49(60)37(33-41)31-39-35-43(25-29-51(39)62)58(3,4)68(64)55-21-13-9-17-47(55)45-15-7-11-19-53(45)66-68)42-24-28-50(61)38(34-42)32-40-36-44(26-30-52(40)63)59(5,6)69(65)56-22-14-10-18-48(56)46-16-8-12-20-54(46)67-69;1-45(2,33-7-15-39(48)16-8-33)35-11-19-41(50)29(25-35)23-31-27-37(13-21-43(31)52)47(5,6)38-14-22-44(53)32(28-38)24-30-26-36(12-20-42(30)51)46(3,4)34-9-17-40(49)18-10-34;13-15-12-8-4-2-6-10(12)9-5-1-3-7-11(9)14-15/h7-30,33-36,60-63H,31-32H2,1-6H3;7-22,25-28,48-53H,23-24H2,1-6H3;1-8H/q;;+1. The van der Waals surface area contributed by atoms with Crippen molar-refractivity contribution < 1.29 is 78.0 Å². The molecule has 2 aliphatic heterocycles. The predicted molar refractivity (Wildman–Crippen MR) is 548 cm³/mol. The lowest BCUT2D eigenvalue weighted by Crippen LogP contribution is -2.31. The highest BCUT2D eigenvalue weighted by Crippen LogP contribution is 2.68. The Morgan fingerprint density at radius 3 is 0.796 bits per heavy atom. The Balaban J connectivity index is 0.000000168. The second-order valence-electron chi connectivity index (χ2n) is 38.8. The quantitative estimate of drug-likeness (QED) is 0.0251. The maximum atomic E-state index is 15.3. The Kier molecular flexibility index (Phi) is 25.2. The van der Waals surface area contributed by atoms with Crippen molar-refractivity contribution in [2.75, 3.05) is 0 Å². The molecule has 0 amide bonds. The third-order valence-electron chi connectivity index (χ3n) is 28.3. The number of benzene rings is 16. The van der Waals surface area contributed by atoms with E-state index in [-0.39, 0.29) is 70.3 Å². The first-order valence-electron chi connectivity index (χ1n) is 45.7. The highest BCUT2D eigenvalue weighted by atomic mass is 31.2. The Morgan fingerprint density at radius 2 is 0.482 bits per heavy atom. The lowest BCUT2D eigenvalue weighted by Gasteiger charge is -2.39. The van der Waals surface area contributed by atoms with Gasteiger partial charge in [-0.25, -0.2) is 4.20 Å². The number of aromatic hydroxyl groups is 10. The summed E-state index contributed by atoms with van der Waals surface area (Å²) in [6, 6.07) is 104. The molecule has 1 aromatic heterocycles. The van der Waals surface area contributed by atoms with E-state index in [1.165, 1.54) is 0 Å². The fourth-order valence-corrected chi connectivity index (χ4v) is 25.2. The molecule has 17 aromatic rings. The highest BCUT2D eigenvalue weighted by molar-refractivity contribution is 7.69. The van der Waals surface area contributed by atoms with Crippen LogP contribution < -0.4 is 19.7 Å². The van der Waals surface area contributed by atoms with E-state index < -0.39 is 54.4 Å². The zero-order chi connectivity index (χ0) is 97.2. The summed E-state index contributed by atoms with van der Waals surface area (Å²) < 4.78 is 60.8. The highest BCUT2D eigenvalue weighted by Gasteiger charge is 2.52. The average Bonchev–Trinajstić information content (AvgIpc) is 0.718. The van der Waals surface area contributed by atoms with Crippen molar-refractivity contribution in [3.8, 4) is 91.2 Å². The van der Waals surface area contributed by atoms with Gasteiger partial charge in [0.25, 0.3) is 14.7 Å². The number of rotatable bonds is 20. The number of fused-ring (bicyclic) bond motifs is 9. The molecule has 16 aromatic carbocycles. The number of phenols is 10. The smallest absolute Gasteiger partial charge is 0.508 e. The second kappa shape index (κ2) is 36.6. The van der Waals surface area contributed by atoms with Crippen LogP contribution in [0.4, 0.5) is 0 Å². The first kappa shape index (κ1) is 94.3. The summed E-state index contributed by atoms with van der Waals surface area (Å²) in [5, 5.41) is 111. The molecule has 0 bridgehead atoms. The predicted octanol–water partition coefficient (Wildman–Crippen LogP) is 28.2. The van der Waals surface area contributed by atoms with Gasteiger partial charge in [-0.1, -0.05) is 280 Å². The van der Waals surface area contributed by atoms with E-state index >= 15 is 9.13 Å². The summed E-state index contributed by atoms with van der Waals surface area (Å²) in [5.41, 5.74) is 16.3. The molecule has 19 rings (SSSR count). The van der Waals surface area contributed by atoms with Gasteiger partial charge in [0, 0.05) is 69.2 Å². The molecule has 692 valence electrons. The van der Waals surface area contributed by atoms with Crippen LogP contribution in [-0.4, -0.2) is 51.1 Å². The molecule has 137 heavy (non-hydrogen) atoms. The lowest BCUT2D eigenvalue weighted by molar-refractivity contribution is 0.452. The van der Waals surface area contributed by atoms with E-state index in [4.69, 9.17) is 13.2 Å². The summed E-state index contributed by atoms with van der Waals surface area (Å²) in [6.45, 7) is 24.3. The third kappa shape index (κ3) is 17.9. The van der Waals surface area contributed by atoms with Gasteiger partial charge in [-0.15, -0.1) is 0 Å². The Morgan fingerprint density at radius 1 is 0.248 bits per heavy atom. The van der Waals surface area contributed by atoms with Crippen LogP contribution in [0.3, 0.4) is 0 Å². The van der Waals surface area contributed by atoms with Gasteiger partial charge in [0.1, 0.15) is 69.0 Å². The Hall–Kier alpha value is -14.5. The zero-order valence-corrected chi connectivity index (χ0v) is 81.1. The van der Waals surface area contributed by atoms with E-state index in [0.717, 1.165) is 82.7 Å². The number of para-hydroxylation sites is 3. The van der Waals surface area contributed by atoms with Crippen LogP contribution in [0.1, 0.15) is 183 Å². The molecular weight excluding hydrogens is 1770 g/mol. The van der Waals surface area contributed by atoms with Gasteiger partial charge in [-0.2, -0.15) is 0 Å². The van der Waals surface area contributed by atoms with Crippen molar-refractivity contribution in [1.29, 1.82) is 0 Å². The van der Waals surface area contributed by atoms with Crippen molar-refractivity contribution in [3.05, 3.63) is 440 Å². The van der Waals surface area contributed by atoms with Crippen LogP contribution in [0.5, 0.6) is 69.0 Å². The van der Waals surface area contributed by atoms with E-state index in [1.54, 1.807) is 84.9 Å². The summed E-state index contributed by atoms with van der Waals surface area (Å²) in [4.78, 5) is 0. The molecule has 0 saturated carbocycles. The Bertz CT molecular complexity index is 7330. The number of phenolic OH excluding ortho intramolecular Hbond substituents is 10. The minimum absolute atomic E-state index is 0.0415. The van der Waals surface area contributed by atoms with Gasteiger partial charge < -0.3 is 60.1 Å². The second-order valence-corrected chi connectivity index (χ2v) is 45.8. The van der Waals surface area contributed by atoms with Crippen LogP contribution in [0.2, 0.25) is 0 Å².